The molecule has 0 aromatic heterocycles. The van der Waals surface area contributed by atoms with Crippen molar-refractivity contribution in [3.8, 4) is 5.75 Å². The number of rotatable bonds is 6. The Balaban J connectivity index is 1.77. The molecule has 0 radical (unpaired) electrons. The van der Waals surface area contributed by atoms with Crippen molar-refractivity contribution in [1.82, 2.24) is 0 Å². The van der Waals surface area contributed by atoms with Crippen molar-refractivity contribution in [2.24, 2.45) is 0 Å². The van der Waals surface area contributed by atoms with Crippen LogP contribution in [-0.2, 0) is 13.0 Å². The Morgan fingerprint density at radius 3 is 2.68 bits per heavy atom. The van der Waals surface area contributed by atoms with Crippen LogP contribution in [0.1, 0.15) is 47.9 Å². The minimum absolute atomic E-state index is 0.0438. The Morgan fingerprint density at radius 1 is 1.24 bits per heavy atom. The first kappa shape index (κ1) is 17.9. The molecule has 1 aliphatic carbocycles. The zero-order valence-corrected chi connectivity index (χ0v) is 15.9. The van der Waals surface area contributed by atoms with E-state index in [1.807, 2.05) is 6.07 Å². The van der Waals surface area contributed by atoms with E-state index in [2.05, 4.69) is 49.5 Å². The molecule has 1 saturated carbocycles. The van der Waals surface area contributed by atoms with Gasteiger partial charge in [-0.05, 0) is 67.2 Å². The minimum atomic E-state index is -0.0438. The molecule has 0 unspecified atom stereocenters. The molecule has 1 fully saturated rings. The van der Waals surface area contributed by atoms with Gasteiger partial charge in [0.1, 0.15) is 12.4 Å². The van der Waals surface area contributed by atoms with Gasteiger partial charge in [0.15, 0.2) is 0 Å². The van der Waals surface area contributed by atoms with Crippen LogP contribution in [0.3, 0.4) is 0 Å². The van der Waals surface area contributed by atoms with Crippen molar-refractivity contribution in [3.63, 3.8) is 0 Å². The largest absolute Gasteiger partial charge is 0.489 e. The Kier molecular flexibility index (Phi) is 5.69. The topological polar surface area (TPSA) is 38.3 Å². The fourth-order valence-electron chi connectivity index (χ4n) is 2.92. The smallest absolute Gasteiger partial charge is 0.283 e. The van der Waals surface area contributed by atoms with E-state index < -0.39 is 0 Å². The van der Waals surface area contributed by atoms with Gasteiger partial charge in [-0.25, -0.2) is 0 Å². The molecule has 0 bridgehead atoms. The van der Waals surface area contributed by atoms with E-state index in [-0.39, 0.29) is 5.24 Å². The summed E-state index contributed by atoms with van der Waals surface area (Å²) in [4.78, 5) is 11.8. The lowest BCUT2D eigenvalue weighted by Crippen LogP contribution is -2.09. The summed E-state index contributed by atoms with van der Waals surface area (Å²) in [5.41, 5.74) is 5.64. The van der Waals surface area contributed by atoms with E-state index in [9.17, 15) is 4.79 Å². The molecule has 0 saturated heterocycles. The Bertz CT molecular complexity index is 768. The Morgan fingerprint density at radius 2 is 2.04 bits per heavy atom. The summed E-state index contributed by atoms with van der Waals surface area (Å²) in [6, 6.07) is 12.7. The van der Waals surface area contributed by atoms with Crippen LogP contribution >= 0.6 is 11.8 Å². The first-order chi connectivity index (χ1) is 12.1. The van der Waals surface area contributed by atoms with Crippen molar-refractivity contribution in [1.29, 1.82) is 0 Å². The molecule has 25 heavy (non-hydrogen) atoms. The molecule has 0 aliphatic heterocycles. The number of ether oxygens (including phenoxy) is 1. The maximum atomic E-state index is 11.8. The molecule has 1 aliphatic rings. The fraction of sp³-hybridized carbons (Fsp3) is 0.381. The third kappa shape index (κ3) is 4.57. The molecule has 3 nitrogen and oxygen atoms in total. The van der Waals surface area contributed by atoms with E-state index in [1.54, 1.807) is 6.26 Å². The van der Waals surface area contributed by atoms with Crippen molar-refractivity contribution in [2.75, 3.05) is 11.6 Å². The second kappa shape index (κ2) is 7.96. The molecule has 2 aromatic carbocycles. The van der Waals surface area contributed by atoms with E-state index in [4.69, 9.17) is 4.74 Å². The number of thioether (sulfide) groups is 1. The number of carbonyl (C=O) groups is 1. The van der Waals surface area contributed by atoms with Crippen LogP contribution in [0.25, 0.3) is 0 Å². The molecule has 0 heterocycles. The van der Waals surface area contributed by atoms with Gasteiger partial charge >= 0.3 is 0 Å². The van der Waals surface area contributed by atoms with Crippen LogP contribution in [0.15, 0.2) is 36.4 Å². The molecule has 0 spiro atoms. The van der Waals surface area contributed by atoms with Gasteiger partial charge in [-0.2, -0.15) is 0 Å². The highest BCUT2D eigenvalue weighted by atomic mass is 32.2. The van der Waals surface area contributed by atoms with Crippen molar-refractivity contribution < 1.29 is 9.53 Å². The average molecular weight is 356 g/mol. The predicted molar refractivity (Wildman–Crippen MR) is 106 cm³/mol. The number of benzene rings is 2. The minimum Gasteiger partial charge on any atom is -0.489 e. The zero-order valence-electron chi connectivity index (χ0n) is 15.1. The summed E-state index contributed by atoms with van der Waals surface area (Å²) in [6.07, 6.45) is 5.30. The lowest BCUT2D eigenvalue weighted by Gasteiger charge is -2.15. The van der Waals surface area contributed by atoms with Crippen LogP contribution in [0.5, 0.6) is 5.75 Å². The quantitative estimate of drug-likeness (QED) is 0.700. The third-order valence-corrected chi connectivity index (χ3v) is 5.11. The van der Waals surface area contributed by atoms with Crippen LogP contribution in [-0.4, -0.2) is 11.5 Å². The first-order valence-electron chi connectivity index (χ1n) is 8.80. The Labute approximate surface area is 154 Å². The number of hydrogen-bond donors (Lipinski definition) is 1. The summed E-state index contributed by atoms with van der Waals surface area (Å²) in [5.74, 6) is 1.55. The van der Waals surface area contributed by atoms with Gasteiger partial charge in [0.2, 0.25) is 0 Å². The highest BCUT2D eigenvalue weighted by Crippen LogP contribution is 2.41. The van der Waals surface area contributed by atoms with Crippen LogP contribution in [0.2, 0.25) is 0 Å². The number of hydrogen-bond acceptors (Lipinski definition) is 3. The monoisotopic (exact) mass is 355 g/mol. The molecular weight excluding hydrogens is 330 g/mol. The summed E-state index contributed by atoms with van der Waals surface area (Å²) < 4.78 is 6.04. The van der Waals surface area contributed by atoms with Crippen molar-refractivity contribution >= 4 is 22.7 Å². The molecule has 2 aromatic rings. The summed E-state index contributed by atoms with van der Waals surface area (Å²) >= 11 is 1.19. The normalized spacial score (nSPS) is 13.6. The standard InChI is InChI=1S/C21H25NO2S/c1-4-15-5-10-20(14(2)11-15)24-13-18-9-8-17(16-6-7-16)12-19(18)22-21(23)25-3/h5,8-12,16H,4,6-7,13H2,1-3H3,(H,22,23). The number of nitrogens with one attached hydrogen (secondary N) is 1. The zero-order chi connectivity index (χ0) is 17.8. The van der Waals surface area contributed by atoms with Crippen LogP contribution in [0.4, 0.5) is 10.5 Å². The lowest BCUT2D eigenvalue weighted by molar-refractivity contribution is 0.269. The van der Waals surface area contributed by atoms with Gasteiger partial charge in [0, 0.05) is 11.3 Å². The summed E-state index contributed by atoms with van der Waals surface area (Å²) in [7, 11) is 0. The third-order valence-electron chi connectivity index (χ3n) is 4.64. The van der Waals surface area contributed by atoms with Gasteiger partial charge in [-0.1, -0.05) is 43.0 Å². The predicted octanol–water partition coefficient (Wildman–Crippen LogP) is 5.91. The maximum Gasteiger partial charge on any atom is 0.283 e. The van der Waals surface area contributed by atoms with Crippen molar-refractivity contribution in [3.05, 3.63) is 58.7 Å². The average Bonchev–Trinajstić information content (AvgIpc) is 3.46. The van der Waals surface area contributed by atoms with E-state index >= 15 is 0 Å². The molecule has 1 amide bonds. The summed E-state index contributed by atoms with van der Waals surface area (Å²) in [5, 5.41) is 2.95. The lowest BCUT2D eigenvalue weighted by atomic mass is 10.1. The number of anilines is 1. The number of amides is 1. The van der Waals surface area contributed by atoms with Gasteiger partial charge in [0.25, 0.3) is 5.24 Å². The Hall–Kier alpha value is -1.94. The van der Waals surface area contributed by atoms with Gasteiger partial charge < -0.3 is 10.1 Å². The van der Waals surface area contributed by atoms with E-state index in [0.29, 0.717) is 12.5 Å². The molecule has 132 valence electrons. The SMILES string of the molecule is CCc1ccc(OCc2ccc(C3CC3)cc2NC(=O)SC)c(C)c1. The van der Waals surface area contributed by atoms with E-state index in [0.717, 1.165) is 29.0 Å². The number of carbonyl (C=O) groups excluding carboxylic acids is 1. The second-order valence-electron chi connectivity index (χ2n) is 6.55. The van der Waals surface area contributed by atoms with Crippen LogP contribution < -0.4 is 10.1 Å². The molecule has 0 atom stereocenters. The molecule has 3 rings (SSSR count). The van der Waals surface area contributed by atoms with Gasteiger partial charge in [-0.3, -0.25) is 4.79 Å². The second-order valence-corrected chi connectivity index (χ2v) is 7.33. The van der Waals surface area contributed by atoms with E-state index in [1.165, 1.54) is 35.7 Å². The molecular formula is C21H25NO2S. The number of aryl methyl sites for hydroxylation is 2. The molecule has 1 N–H and O–H groups in total. The van der Waals surface area contributed by atoms with Gasteiger partial charge in [0.05, 0.1) is 0 Å². The summed E-state index contributed by atoms with van der Waals surface area (Å²) in [6.45, 7) is 4.67. The highest BCUT2D eigenvalue weighted by molar-refractivity contribution is 8.13. The first-order valence-corrected chi connectivity index (χ1v) is 10.0. The van der Waals surface area contributed by atoms with Crippen LogP contribution in [0, 0.1) is 6.92 Å². The van der Waals surface area contributed by atoms with Crippen molar-refractivity contribution in [2.45, 2.75) is 45.6 Å². The highest BCUT2D eigenvalue weighted by Gasteiger charge is 2.24. The fourth-order valence-corrected chi connectivity index (χ4v) is 3.13. The van der Waals surface area contributed by atoms with Gasteiger partial charge in [-0.15, -0.1) is 0 Å². The maximum absolute atomic E-state index is 11.8. The molecule has 4 heteroatoms.